The average Bonchev–Trinajstić information content (AvgIpc) is 3.76. The molecule has 332 valence electrons. The van der Waals surface area contributed by atoms with Gasteiger partial charge in [-0.1, -0.05) is 136 Å². The van der Waals surface area contributed by atoms with Crippen molar-refractivity contribution in [1.82, 2.24) is 9.55 Å². The fraction of sp³-hybridized carbons (Fsp3) is 0.379. The zero-order valence-corrected chi connectivity index (χ0v) is 43.5. The Bertz CT molecular complexity index is 3030. The zero-order valence-electron chi connectivity index (χ0n) is 40.4. The van der Waals surface area contributed by atoms with E-state index in [-0.39, 0.29) is 47.6 Å². The molecule has 1 aliphatic carbocycles. The molecule has 0 radical (unpaired) electrons. The predicted molar refractivity (Wildman–Crippen MR) is 268 cm³/mol. The van der Waals surface area contributed by atoms with Crippen molar-refractivity contribution in [2.24, 2.45) is 4.99 Å². The smallest absolute Gasteiger partial charge is 0.503 e. The van der Waals surface area contributed by atoms with Gasteiger partial charge in [0.1, 0.15) is 5.65 Å². The van der Waals surface area contributed by atoms with Crippen LogP contribution in [-0.4, -0.2) is 20.1 Å². The van der Waals surface area contributed by atoms with Crippen LogP contribution in [0.1, 0.15) is 146 Å². The Morgan fingerprint density at radius 1 is 0.750 bits per heavy atom. The predicted octanol–water partition coefficient (Wildman–Crippen LogP) is 15.6. The molecule has 6 heteroatoms. The second kappa shape index (κ2) is 15.9. The minimum absolute atomic E-state index is 0. The fourth-order valence-electron chi connectivity index (χ4n) is 9.89. The van der Waals surface area contributed by atoms with E-state index < -0.39 is 0 Å². The van der Waals surface area contributed by atoms with Gasteiger partial charge in [-0.3, -0.25) is 0 Å². The summed E-state index contributed by atoms with van der Waals surface area (Å²) in [4.78, 5) is 10.7. The van der Waals surface area contributed by atoms with Crippen molar-refractivity contribution in [2.45, 2.75) is 143 Å². The van der Waals surface area contributed by atoms with Crippen LogP contribution in [0.2, 0.25) is 0 Å². The Hall–Kier alpha value is -4.44. The number of thioether (sulfide) groups is 1. The van der Waals surface area contributed by atoms with Gasteiger partial charge in [0.25, 0.3) is 0 Å². The molecule has 2 atom stereocenters. The first-order valence-corrected chi connectivity index (χ1v) is 23.5. The quantitative estimate of drug-likeness (QED) is 0.156. The van der Waals surface area contributed by atoms with Gasteiger partial charge in [0.05, 0.1) is 15.8 Å². The standard InChI is InChI=1S/C58H63N3OS.Pt/c1-34(2)44-18-16-20-49(56(11,12)13)51(44)37-26-38(53-60-57(14)33-47-36(4)35(3)21-23-48(47)58(57,15)63-53)28-42(27-37)62-43-30-40(55(8,9)10)29-41(32-43)61-50-24-22-39(54(5,6)7)31-46(50)45-19-17-25-59-52(45)61;/h16-27,29-31,34H,33H2,1-15H3;/q-2;+2/t57-,58+;/m1./s1. The first-order valence-electron chi connectivity index (χ1n) is 22.7. The van der Waals surface area contributed by atoms with E-state index >= 15 is 0 Å². The van der Waals surface area contributed by atoms with Crippen LogP contribution in [0.4, 0.5) is 0 Å². The van der Waals surface area contributed by atoms with Crippen LogP contribution < -0.4 is 4.74 Å². The molecule has 0 saturated heterocycles. The number of hydrogen-bond acceptors (Lipinski definition) is 4. The van der Waals surface area contributed by atoms with Crippen LogP contribution in [0, 0.1) is 26.0 Å². The molecule has 9 rings (SSSR count). The van der Waals surface area contributed by atoms with Crippen LogP contribution in [0.3, 0.4) is 0 Å². The average molecular weight is 1050 g/mol. The third kappa shape index (κ3) is 7.71. The molecule has 0 amide bonds. The summed E-state index contributed by atoms with van der Waals surface area (Å²) in [7, 11) is 0. The van der Waals surface area contributed by atoms with Crippen LogP contribution in [0.25, 0.3) is 38.8 Å². The molecule has 2 aromatic heterocycles. The number of ether oxygens (including phenoxy) is 1. The number of pyridine rings is 1. The van der Waals surface area contributed by atoms with Crippen molar-refractivity contribution < 1.29 is 25.8 Å². The third-order valence-corrected chi connectivity index (χ3v) is 15.6. The van der Waals surface area contributed by atoms with Crippen molar-refractivity contribution >= 4 is 38.7 Å². The summed E-state index contributed by atoms with van der Waals surface area (Å²) in [5.74, 6) is 1.60. The summed E-state index contributed by atoms with van der Waals surface area (Å²) in [6.07, 6.45) is 2.80. The largest absolute Gasteiger partial charge is 2.00 e. The zero-order chi connectivity index (χ0) is 45.2. The Morgan fingerprint density at radius 3 is 2.16 bits per heavy atom. The molecule has 2 aliphatic rings. The van der Waals surface area contributed by atoms with E-state index in [9.17, 15) is 0 Å². The molecule has 1 aliphatic heterocycles. The minimum Gasteiger partial charge on any atom is -0.503 e. The number of aromatic nitrogens is 2. The van der Waals surface area contributed by atoms with Gasteiger partial charge in [-0.2, -0.15) is 0 Å². The second-order valence-electron chi connectivity index (χ2n) is 22.0. The van der Waals surface area contributed by atoms with Crippen LogP contribution in [-0.2, 0) is 48.5 Å². The molecule has 0 bridgehead atoms. The van der Waals surface area contributed by atoms with E-state index in [4.69, 9.17) is 14.7 Å². The minimum atomic E-state index is -0.293. The van der Waals surface area contributed by atoms with Gasteiger partial charge in [-0.05, 0) is 125 Å². The summed E-state index contributed by atoms with van der Waals surface area (Å²) in [5.41, 5.74) is 16.3. The molecular formula is C58H63N3OPtS. The van der Waals surface area contributed by atoms with Gasteiger partial charge in [0, 0.05) is 33.5 Å². The van der Waals surface area contributed by atoms with Gasteiger partial charge >= 0.3 is 21.1 Å². The first kappa shape index (κ1) is 46.1. The topological polar surface area (TPSA) is 39.4 Å². The number of aryl methyl sites for hydroxylation is 1. The monoisotopic (exact) mass is 1040 g/mol. The summed E-state index contributed by atoms with van der Waals surface area (Å²) in [6, 6.07) is 39.0. The molecule has 0 spiro atoms. The second-order valence-corrected chi connectivity index (χ2v) is 23.4. The number of nitrogens with zero attached hydrogens (tertiary/aromatic N) is 3. The van der Waals surface area contributed by atoms with Crippen LogP contribution >= 0.6 is 11.8 Å². The Labute approximate surface area is 401 Å². The van der Waals surface area contributed by atoms with Gasteiger partial charge < -0.3 is 14.3 Å². The first-order chi connectivity index (χ1) is 29.5. The maximum atomic E-state index is 7.15. The Morgan fingerprint density at radius 2 is 1.47 bits per heavy atom. The van der Waals surface area contributed by atoms with Crippen molar-refractivity contribution in [3.05, 3.63) is 153 Å². The van der Waals surface area contributed by atoms with Gasteiger partial charge in [0.2, 0.25) is 0 Å². The van der Waals surface area contributed by atoms with E-state index in [2.05, 4.69) is 199 Å². The summed E-state index contributed by atoms with van der Waals surface area (Å²) in [6.45, 7) is 34.3. The molecule has 0 unspecified atom stereocenters. The van der Waals surface area contributed by atoms with Crippen LogP contribution in [0.5, 0.6) is 11.5 Å². The van der Waals surface area contributed by atoms with Gasteiger partial charge in [0.15, 0.2) is 0 Å². The SMILES string of the molecule is Cc1ccc2c(c1C)C[C@@]1(C)N=C(c3[c-]c(Oc4[c-]c(-n5c6ccc(C(C)(C)C)cc6c6cccnc65)cc(C(C)(C)C)c4)cc(-c4c(C(C)C)cccc4C(C)(C)C)c3)S[C@@]21C.[Pt+2]. The van der Waals surface area contributed by atoms with E-state index in [0.717, 1.165) is 50.4 Å². The number of benzene rings is 5. The molecule has 5 aromatic carbocycles. The Kier molecular flexibility index (Phi) is 11.4. The molecule has 4 nitrogen and oxygen atoms in total. The normalized spacial score (nSPS) is 18.7. The molecule has 0 saturated carbocycles. The summed E-state index contributed by atoms with van der Waals surface area (Å²) < 4.78 is 9.20. The number of aliphatic imine (C=N–C) groups is 1. The van der Waals surface area contributed by atoms with Crippen LogP contribution in [0.15, 0.2) is 96.1 Å². The van der Waals surface area contributed by atoms with E-state index in [1.807, 2.05) is 24.0 Å². The number of fused-ring (bicyclic) bond motifs is 6. The third-order valence-electron chi connectivity index (χ3n) is 14.0. The molecule has 7 aromatic rings. The number of hydrogen-bond donors (Lipinski definition) is 0. The summed E-state index contributed by atoms with van der Waals surface area (Å²) in [5, 5.41) is 3.31. The molecule has 0 N–H and O–H groups in total. The van der Waals surface area contributed by atoms with E-state index in [0.29, 0.717) is 17.4 Å². The van der Waals surface area contributed by atoms with Crippen molar-refractivity contribution in [3.63, 3.8) is 0 Å². The van der Waals surface area contributed by atoms with E-state index in [1.165, 1.54) is 49.9 Å². The molecule has 64 heavy (non-hydrogen) atoms. The van der Waals surface area contributed by atoms with Crippen molar-refractivity contribution in [3.8, 4) is 28.3 Å². The van der Waals surface area contributed by atoms with E-state index in [1.54, 1.807) is 0 Å². The van der Waals surface area contributed by atoms with Gasteiger partial charge in [-0.25, -0.2) is 4.98 Å². The Balaban J connectivity index is 0.00000560. The molecule has 3 heterocycles. The molecular weight excluding hydrogens is 982 g/mol. The van der Waals surface area contributed by atoms with Gasteiger partial charge in [-0.15, -0.1) is 47.2 Å². The number of rotatable bonds is 6. The summed E-state index contributed by atoms with van der Waals surface area (Å²) >= 11 is 1.89. The maximum absolute atomic E-state index is 7.15. The fourth-order valence-corrected chi connectivity index (χ4v) is 11.4. The van der Waals surface area contributed by atoms with Crippen molar-refractivity contribution in [1.29, 1.82) is 0 Å². The molecule has 0 fully saturated rings. The maximum Gasteiger partial charge on any atom is 2.00 e. The van der Waals surface area contributed by atoms with Crippen molar-refractivity contribution in [2.75, 3.05) is 0 Å².